The molecule has 7 nitrogen and oxygen atoms in total. The first kappa shape index (κ1) is 15.3. The van der Waals surface area contributed by atoms with Gasteiger partial charge in [-0.05, 0) is 30.3 Å². The number of nitrogens with zero attached hydrogens (tertiary/aromatic N) is 1. The SMILES string of the molecule is CN1C(=O)CCOc2ccc(C(=O)Nc3ccc4c(c3)OCO4)cc21. The van der Waals surface area contributed by atoms with Crippen molar-refractivity contribution in [2.45, 2.75) is 6.42 Å². The van der Waals surface area contributed by atoms with E-state index in [9.17, 15) is 9.59 Å². The van der Waals surface area contributed by atoms with Crippen molar-refractivity contribution < 1.29 is 23.8 Å². The van der Waals surface area contributed by atoms with Gasteiger partial charge in [-0.2, -0.15) is 0 Å². The molecule has 0 atom stereocenters. The number of rotatable bonds is 2. The van der Waals surface area contributed by atoms with E-state index in [4.69, 9.17) is 14.2 Å². The van der Waals surface area contributed by atoms with E-state index in [-0.39, 0.29) is 18.6 Å². The monoisotopic (exact) mass is 340 g/mol. The van der Waals surface area contributed by atoms with Crippen molar-refractivity contribution in [3.63, 3.8) is 0 Å². The van der Waals surface area contributed by atoms with Gasteiger partial charge in [0.15, 0.2) is 11.5 Å². The number of ether oxygens (including phenoxy) is 3. The average Bonchev–Trinajstić information content (AvgIpc) is 3.03. The average molecular weight is 340 g/mol. The summed E-state index contributed by atoms with van der Waals surface area (Å²) < 4.78 is 16.1. The molecule has 128 valence electrons. The molecule has 0 aliphatic carbocycles. The topological polar surface area (TPSA) is 77.1 Å². The van der Waals surface area contributed by atoms with E-state index >= 15 is 0 Å². The lowest BCUT2D eigenvalue weighted by Crippen LogP contribution is -2.25. The Morgan fingerprint density at radius 1 is 1.04 bits per heavy atom. The van der Waals surface area contributed by atoms with E-state index in [1.165, 1.54) is 4.90 Å². The van der Waals surface area contributed by atoms with Crippen LogP contribution in [0.5, 0.6) is 17.2 Å². The zero-order valence-corrected chi connectivity index (χ0v) is 13.6. The molecular weight excluding hydrogens is 324 g/mol. The Labute approximate surface area is 144 Å². The summed E-state index contributed by atoms with van der Waals surface area (Å²) in [5.74, 6) is 1.51. The number of anilines is 2. The highest BCUT2D eigenvalue weighted by Gasteiger charge is 2.22. The Morgan fingerprint density at radius 2 is 1.84 bits per heavy atom. The van der Waals surface area contributed by atoms with E-state index in [0.29, 0.717) is 47.2 Å². The fourth-order valence-corrected chi connectivity index (χ4v) is 2.77. The Balaban J connectivity index is 1.58. The summed E-state index contributed by atoms with van der Waals surface area (Å²) in [6, 6.07) is 10.2. The quantitative estimate of drug-likeness (QED) is 0.908. The van der Waals surface area contributed by atoms with Crippen molar-refractivity contribution >= 4 is 23.2 Å². The van der Waals surface area contributed by atoms with Crippen molar-refractivity contribution in [3.8, 4) is 17.2 Å². The first-order valence-corrected chi connectivity index (χ1v) is 7.86. The molecule has 7 heteroatoms. The minimum absolute atomic E-state index is 0.0490. The molecule has 0 radical (unpaired) electrons. The van der Waals surface area contributed by atoms with Gasteiger partial charge in [0.2, 0.25) is 12.7 Å². The minimum Gasteiger partial charge on any atom is -0.491 e. The molecule has 2 aromatic carbocycles. The lowest BCUT2D eigenvalue weighted by Gasteiger charge is -2.17. The zero-order chi connectivity index (χ0) is 17.4. The van der Waals surface area contributed by atoms with Crippen LogP contribution in [0.2, 0.25) is 0 Å². The molecule has 0 aromatic heterocycles. The fraction of sp³-hybridized carbons (Fsp3) is 0.222. The van der Waals surface area contributed by atoms with Crippen LogP contribution in [0.3, 0.4) is 0 Å². The summed E-state index contributed by atoms with van der Waals surface area (Å²) in [4.78, 5) is 26.0. The molecule has 2 amide bonds. The molecule has 0 spiro atoms. The van der Waals surface area contributed by atoms with Gasteiger partial charge in [0.1, 0.15) is 5.75 Å². The van der Waals surface area contributed by atoms with Crippen LogP contribution in [0.4, 0.5) is 11.4 Å². The molecule has 2 aromatic rings. The zero-order valence-electron chi connectivity index (χ0n) is 13.6. The summed E-state index contributed by atoms with van der Waals surface area (Å²) in [5.41, 5.74) is 1.62. The van der Waals surface area contributed by atoms with Gasteiger partial charge < -0.3 is 24.4 Å². The van der Waals surface area contributed by atoms with Crippen LogP contribution in [0.1, 0.15) is 16.8 Å². The van der Waals surface area contributed by atoms with Crippen LogP contribution >= 0.6 is 0 Å². The lowest BCUT2D eigenvalue weighted by molar-refractivity contribution is -0.118. The largest absolute Gasteiger partial charge is 0.491 e. The minimum atomic E-state index is -0.285. The number of hydrogen-bond acceptors (Lipinski definition) is 5. The number of fused-ring (bicyclic) bond motifs is 2. The highest BCUT2D eigenvalue weighted by molar-refractivity contribution is 6.06. The van der Waals surface area contributed by atoms with Gasteiger partial charge in [0.25, 0.3) is 5.91 Å². The predicted molar refractivity (Wildman–Crippen MR) is 90.5 cm³/mol. The van der Waals surface area contributed by atoms with Crippen LogP contribution < -0.4 is 24.4 Å². The number of carbonyl (C=O) groups is 2. The summed E-state index contributed by atoms with van der Waals surface area (Å²) in [6.07, 6.45) is 0.309. The standard InChI is InChI=1S/C18H16N2O5/c1-20-13-8-11(2-4-14(13)23-7-6-17(20)21)18(22)19-12-3-5-15-16(9-12)25-10-24-15/h2-5,8-9H,6-7,10H2,1H3,(H,19,22). The lowest BCUT2D eigenvalue weighted by atomic mass is 10.1. The molecular formula is C18H16N2O5. The molecule has 0 fully saturated rings. The van der Waals surface area contributed by atoms with E-state index in [0.717, 1.165) is 0 Å². The van der Waals surface area contributed by atoms with Crippen molar-refractivity contribution in [3.05, 3.63) is 42.0 Å². The summed E-state index contributed by atoms with van der Waals surface area (Å²) in [6.45, 7) is 0.511. The van der Waals surface area contributed by atoms with Gasteiger partial charge in [-0.3, -0.25) is 9.59 Å². The molecule has 0 saturated heterocycles. The summed E-state index contributed by atoms with van der Waals surface area (Å²) >= 11 is 0. The molecule has 0 saturated carbocycles. The van der Waals surface area contributed by atoms with E-state index in [1.807, 2.05) is 0 Å². The molecule has 2 heterocycles. The summed E-state index contributed by atoms with van der Waals surface area (Å²) in [5, 5.41) is 2.82. The maximum Gasteiger partial charge on any atom is 0.255 e. The first-order valence-electron chi connectivity index (χ1n) is 7.86. The van der Waals surface area contributed by atoms with Crippen molar-refractivity contribution in [1.29, 1.82) is 0 Å². The molecule has 4 rings (SSSR count). The number of nitrogens with one attached hydrogen (secondary N) is 1. The predicted octanol–water partition coefficient (Wildman–Crippen LogP) is 2.41. The van der Waals surface area contributed by atoms with E-state index in [2.05, 4.69) is 5.32 Å². The maximum atomic E-state index is 12.5. The van der Waals surface area contributed by atoms with Crippen molar-refractivity contribution in [2.24, 2.45) is 0 Å². The van der Waals surface area contributed by atoms with E-state index < -0.39 is 0 Å². The van der Waals surface area contributed by atoms with Crippen LogP contribution in [0.15, 0.2) is 36.4 Å². The second kappa shape index (κ2) is 6.01. The van der Waals surface area contributed by atoms with Gasteiger partial charge in [0, 0.05) is 24.4 Å². The highest BCUT2D eigenvalue weighted by atomic mass is 16.7. The number of carbonyl (C=O) groups excluding carboxylic acids is 2. The second-order valence-electron chi connectivity index (χ2n) is 5.76. The molecule has 2 aliphatic rings. The third-order valence-corrected chi connectivity index (χ3v) is 4.16. The fourth-order valence-electron chi connectivity index (χ4n) is 2.77. The number of hydrogen-bond donors (Lipinski definition) is 1. The van der Waals surface area contributed by atoms with Gasteiger partial charge in [-0.1, -0.05) is 0 Å². The molecule has 0 unspecified atom stereocenters. The third-order valence-electron chi connectivity index (χ3n) is 4.16. The van der Waals surface area contributed by atoms with Crippen LogP contribution in [0.25, 0.3) is 0 Å². The molecule has 2 aliphatic heterocycles. The Morgan fingerprint density at radius 3 is 2.72 bits per heavy atom. The van der Waals surface area contributed by atoms with Gasteiger partial charge in [-0.15, -0.1) is 0 Å². The van der Waals surface area contributed by atoms with Crippen LogP contribution in [0, 0.1) is 0 Å². The smallest absolute Gasteiger partial charge is 0.255 e. The molecule has 0 bridgehead atoms. The van der Waals surface area contributed by atoms with Crippen LogP contribution in [-0.4, -0.2) is 32.3 Å². The molecule has 25 heavy (non-hydrogen) atoms. The normalized spacial score (nSPS) is 15.2. The van der Waals surface area contributed by atoms with Crippen molar-refractivity contribution in [2.75, 3.05) is 30.7 Å². The van der Waals surface area contributed by atoms with Crippen LogP contribution in [-0.2, 0) is 4.79 Å². The maximum absolute atomic E-state index is 12.5. The Hall–Kier alpha value is -3.22. The van der Waals surface area contributed by atoms with Gasteiger partial charge >= 0.3 is 0 Å². The Kier molecular flexibility index (Phi) is 3.68. The van der Waals surface area contributed by atoms with Gasteiger partial charge in [-0.25, -0.2) is 0 Å². The molecule has 1 N–H and O–H groups in total. The van der Waals surface area contributed by atoms with Crippen molar-refractivity contribution in [1.82, 2.24) is 0 Å². The number of benzene rings is 2. The first-order chi connectivity index (χ1) is 12.1. The van der Waals surface area contributed by atoms with Gasteiger partial charge in [0.05, 0.1) is 18.7 Å². The third kappa shape index (κ3) is 2.84. The summed E-state index contributed by atoms with van der Waals surface area (Å²) in [7, 11) is 1.68. The highest BCUT2D eigenvalue weighted by Crippen LogP contribution is 2.35. The van der Waals surface area contributed by atoms with E-state index in [1.54, 1.807) is 43.4 Å². The Bertz CT molecular complexity index is 865. The number of amides is 2. The second-order valence-corrected chi connectivity index (χ2v) is 5.76.